The highest BCUT2D eigenvalue weighted by atomic mass is 32.2. The highest BCUT2D eigenvalue weighted by Gasteiger charge is 2.15. The van der Waals surface area contributed by atoms with Crippen LogP contribution in [0.1, 0.15) is 28.4 Å². The van der Waals surface area contributed by atoms with Gasteiger partial charge in [-0.25, -0.2) is 4.79 Å². The Hall–Kier alpha value is -1.22. The molecule has 1 aromatic rings. The van der Waals surface area contributed by atoms with E-state index in [0.29, 0.717) is 5.56 Å². The average molecular weight is 234 g/mol. The number of rotatable bonds is 1. The maximum Gasteiger partial charge on any atom is 0.338 e. The summed E-state index contributed by atoms with van der Waals surface area (Å²) in [5, 5.41) is 0. The summed E-state index contributed by atoms with van der Waals surface area (Å²) in [5.74, 6) is 0.739. The van der Waals surface area contributed by atoms with E-state index in [1.165, 1.54) is 18.2 Å². The molecule has 0 aliphatic carbocycles. The quantitative estimate of drug-likeness (QED) is 0.697. The van der Waals surface area contributed by atoms with Gasteiger partial charge in [-0.05, 0) is 31.0 Å². The van der Waals surface area contributed by atoms with Crippen LogP contribution < -0.4 is 0 Å². The number of carbonyl (C=O) groups excluding carboxylic acids is 1. The van der Waals surface area contributed by atoms with Gasteiger partial charge >= 0.3 is 5.97 Å². The highest BCUT2D eigenvalue weighted by Crippen LogP contribution is 2.33. The van der Waals surface area contributed by atoms with Gasteiger partial charge in [-0.15, -0.1) is 11.8 Å². The Labute approximate surface area is 99.7 Å². The predicted octanol–water partition coefficient (Wildman–Crippen LogP) is 3.29. The van der Waals surface area contributed by atoms with Gasteiger partial charge < -0.3 is 4.74 Å². The molecular formula is C13H14O2S. The number of hydrogen-bond acceptors (Lipinski definition) is 3. The Morgan fingerprint density at radius 3 is 2.81 bits per heavy atom. The predicted molar refractivity (Wildman–Crippen MR) is 66.9 cm³/mol. The molecule has 0 saturated carbocycles. The summed E-state index contributed by atoms with van der Waals surface area (Å²) in [6.45, 7) is 4.06. The van der Waals surface area contributed by atoms with E-state index in [1.807, 2.05) is 13.0 Å². The Bertz CT molecular complexity index is 475. The van der Waals surface area contributed by atoms with Crippen molar-refractivity contribution < 1.29 is 9.53 Å². The molecule has 0 bridgehead atoms. The second kappa shape index (κ2) is 4.34. The first kappa shape index (κ1) is 11.3. The number of esters is 1. The molecule has 0 saturated heterocycles. The average Bonchev–Trinajstić information content (AvgIpc) is 2.27. The van der Waals surface area contributed by atoms with Gasteiger partial charge in [0.05, 0.1) is 12.7 Å². The topological polar surface area (TPSA) is 26.3 Å². The fraction of sp³-hybridized carbons (Fsp3) is 0.308. The molecule has 1 heterocycles. The zero-order valence-corrected chi connectivity index (χ0v) is 10.5. The first-order chi connectivity index (χ1) is 7.61. The van der Waals surface area contributed by atoms with Crippen molar-refractivity contribution in [3.63, 3.8) is 0 Å². The van der Waals surface area contributed by atoms with Crippen molar-refractivity contribution in [1.29, 1.82) is 0 Å². The first-order valence-electron chi connectivity index (χ1n) is 5.14. The van der Waals surface area contributed by atoms with Crippen LogP contribution >= 0.6 is 11.8 Å². The zero-order valence-electron chi connectivity index (χ0n) is 9.66. The molecule has 2 rings (SSSR count). The van der Waals surface area contributed by atoms with Crippen molar-refractivity contribution in [2.45, 2.75) is 18.7 Å². The number of hydrogen-bond donors (Lipinski definition) is 0. The molecule has 0 fully saturated rings. The number of fused-ring (bicyclic) bond motifs is 1. The number of aryl methyl sites for hydroxylation is 1. The Balaban J connectivity index is 2.51. The number of ether oxygens (including phenoxy) is 1. The van der Waals surface area contributed by atoms with E-state index in [1.54, 1.807) is 11.8 Å². The van der Waals surface area contributed by atoms with Crippen molar-refractivity contribution in [2.24, 2.45) is 0 Å². The number of thioether (sulfide) groups is 1. The normalized spacial score (nSPS) is 14.1. The molecule has 1 aromatic carbocycles. The lowest BCUT2D eigenvalue weighted by Gasteiger charge is -2.16. The molecule has 0 radical (unpaired) electrons. The smallest absolute Gasteiger partial charge is 0.338 e. The Morgan fingerprint density at radius 1 is 1.38 bits per heavy atom. The van der Waals surface area contributed by atoms with Crippen molar-refractivity contribution in [1.82, 2.24) is 0 Å². The van der Waals surface area contributed by atoms with E-state index in [-0.39, 0.29) is 5.97 Å². The maximum absolute atomic E-state index is 11.5. The highest BCUT2D eigenvalue weighted by molar-refractivity contribution is 7.99. The van der Waals surface area contributed by atoms with Gasteiger partial charge in [0.1, 0.15) is 0 Å². The summed E-state index contributed by atoms with van der Waals surface area (Å²) in [6, 6.07) is 3.99. The largest absolute Gasteiger partial charge is 0.465 e. The van der Waals surface area contributed by atoms with Gasteiger partial charge in [0.2, 0.25) is 0 Å². The lowest BCUT2D eigenvalue weighted by atomic mass is 10.0. The van der Waals surface area contributed by atoms with Gasteiger partial charge in [-0.2, -0.15) is 0 Å². The zero-order chi connectivity index (χ0) is 11.7. The van der Waals surface area contributed by atoms with Crippen molar-refractivity contribution in [2.75, 3.05) is 12.9 Å². The maximum atomic E-state index is 11.5. The Kier molecular flexibility index (Phi) is 3.06. The van der Waals surface area contributed by atoms with E-state index in [2.05, 4.69) is 19.1 Å². The van der Waals surface area contributed by atoms with Crippen molar-refractivity contribution >= 4 is 23.8 Å². The van der Waals surface area contributed by atoms with Crippen LogP contribution in [0, 0.1) is 6.92 Å². The van der Waals surface area contributed by atoms with Crippen LogP contribution in [0.15, 0.2) is 22.6 Å². The molecule has 1 aliphatic heterocycles. The van der Waals surface area contributed by atoms with Gasteiger partial charge in [0.15, 0.2) is 0 Å². The number of benzene rings is 1. The minimum Gasteiger partial charge on any atom is -0.465 e. The summed E-state index contributed by atoms with van der Waals surface area (Å²) in [7, 11) is 1.42. The van der Waals surface area contributed by atoms with E-state index < -0.39 is 0 Å². The second-order valence-corrected chi connectivity index (χ2v) is 4.99. The van der Waals surface area contributed by atoms with Crippen LogP contribution in [-0.2, 0) is 4.74 Å². The fourth-order valence-corrected chi connectivity index (χ4v) is 2.73. The summed E-state index contributed by atoms with van der Waals surface area (Å²) >= 11 is 1.77. The van der Waals surface area contributed by atoms with Crippen LogP contribution in [0.25, 0.3) is 6.08 Å². The minimum absolute atomic E-state index is 0.257. The standard InChI is InChI=1S/C13H14O2S/c1-8-4-10-5-9(2)11(13(14)15-3)6-12(10)16-7-8/h4-6H,7H2,1-3H3. The van der Waals surface area contributed by atoms with E-state index in [0.717, 1.165) is 16.2 Å². The Morgan fingerprint density at radius 2 is 2.12 bits per heavy atom. The minimum atomic E-state index is -0.257. The van der Waals surface area contributed by atoms with Gasteiger partial charge in [-0.3, -0.25) is 0 Å². The molecule has 0 amide bonds. The van der Waals surface area contributed by atoms with Gasteiger partial charge in [0.25, 0.3) is 0 Å². The number of carbonyl (C=O) groups is 1. The van der Waals surface area contributed by atoms with Crippen LogP contribution in [-0.4, -0.2) is 18.8 Å². The molecule has 0 aromatic heterocycles. The molecule has 84 valence electrons. The third kappa shape index (κ3) is 2.00. The molecule has 16 heavy (non-hydrogen) atoms. The lowest BCUT2D eigenvalue weighted by Crippen LogP contribution is -2.05. The van der Waals surface area contributed by atoms with Crippen molar-refractivity contribution in [3.8, 4) is 0 Å². The summed E-state index contributed by atoms with van der Waals surface area (Å²) in [5.41, 5.74) is 4.21. The lowest BCUT2D eigenvalue weighted by molar-refractivity contribution is 0.0599. The number of methoxy groups -OCH3 is 1. The molecule has 1 aliphatic rings. The fourth-order valence-electron chi connectivity index (χ4n) is 1.78. The van der Waals surface area contributed by atoms with Gasteiger partial charge in [0, 0.05) is 10.6 Å². The summed E-state index contributed by atoms with van der Waals surface area (Å²) < 4.78 is 4.77. The van der Waals surface area contributed by atoms with Crippen molar-refractivity contribution in [3.05, 3.63) is 34.4 Å². The van der Waals surface area contributed by atoms with Crippen LogP contribution in [0.3, 0.4) is 0 Å². The monoisotopic (exact) mass is 234 g/mol. The third-order valence-electron chi connectivity index (χ3n) is 2.62. The van der Waals surface area contributed by atoms with E-state index >= 15 is 0 Å². The molecular weight excluding hydrogens is 220 g/mol. The van der Waals surface area contributed by atoms with E-state index in [9.17, 15) is 4.79 Å². The second-order valence-electron chi connectivity index (χ2n) is 3.98. The van der Waals surface area contributed by atoms with E-state index in [4.69, 9.17) is 4.74 Å². The van der Waals surface area contributed by atoms with Crippen LogP contribution in [0.5, 0.6) is 0 Å². The van der Waals surface area contributed by atoms with Crippen LogP contribution in [0.2, 0.25) is 0 Å². The SMILES string of the molecule is COC(=O)c1cc2c(cc1C)C=C(C)CS2. The molecule has 2 nitrogen and oxygen atoms in total. The molecule has 3 heteroatoms. The van der Waals surface area contributed by atoms with Gasteiger partial charge in [-0.1, -0.05) is 17.7 Å². The molecule has 0 unspecified atom stereocenters. The molecule has 0 atom stereocenters. The molecule has 0 spiro atoms. The molecule has 0 N–H and O–H groups in total. The summed E-state index contributed by atoms with van der Waals surface area (Å²) in [4.78, 5) is 12.7. The first-order valence-corrected chi connectivity index (χ1v) is 6.13. The third-order valence-corrected chi connectivity index (χ3v) is 3.88. The summed E-state index contributed by atoms with van der Waals surface area (Å²) in [6.07, 6.45) is 2.18. The van der Waals surface area contributed by atoms with Crippen LogP contribution in [0.4, 0.5) is 0 Å².